The summed E-state index contributed by atoms with van der Waals surface area (Å²) in [6.07, 6.45) is 7.74. The number of H-pyrrole nitrogens is 5. The third kappa shape index (κ3) is 13.8. The van der Waals surface area contributed by atoms with Gasteiger partial charge in [-0.15, -0.1) is 12.4 Å². The fraction of sp³-hybridized carbons (Fsp3) is 0.151. The summed E-state index contributed by atoms with van der Waals surface area (Å²) >= 11 is 0. The Hall–Kier alpha value is -10.0. The van der Waals surface area contributed by atoms with Gasteiger partial charge in [0.2, 0.25) is 17.3 Å². The zero-order chi connectivity index (χ0) is 54.9. The number of rotatable bonds is 11. The van der Waals surface area contributed by atoms with Crippen molar-refractivity contribution < 1.29 is 52.5 Å². The molecule has 0 bridgehead atoms. The average molecular weight is 1070 g/mol. The lowest BCUT2D eigenvalue weighted by molar-refractivity contribution is -0.142. The summed E-state index contributed by atoms with van der Waals surface area (Å²) in [7, 11) is 5.17. The molecule has 77 heavy (non-hydrogen) atoms. The number of fused-ring (bicyclic) bond motifs is 4. The number of amidine groups is 1. The number of ether oxygens (including phenoxy) is 4. The number of aliphatic imine (C=N–C) groups is 1. The number of nitrogens with zero attached hydrogens (tertiary/aromatic N) is 3. The monoisotopic (exact) mass is 1070 g/mol. The van der Waals surface area contributed by atoms with Gasteiger partial charge in [0.1, 0.15) is 23.8 Å². The second kappa shape index (κ2) is 27.3. The van der Waals surface area contributed by atoms with E-state index in [2.05, 4.69) is 59.2 Å². The molecule has 0 fully saturated rings. The van der Waals surface area contributed by atoms with Crippen molar-refractivity contribution >= 4 is 109 Å². The van der Waals surface area contributed by atoms with Gasteiger partial charge in [-0.25, -0.2) is 14.6 Å². The Morgan fingerprint density at radius 1 is 0.662 bits per heavy atom. The van der Waals surface area contributed by atoms with Crippen LogP contribution in [0.1, 0.15) is 57.7 Å². The van der Waals surface area contributed by atoms with Crippen LogP contribution in [0, 0.1) is 16.7 Å². The summed E-state index contributed by atoms with van der Waals surface area (Å²) in [6, 6.07) is 30.2. The number of hydrogen-bond donors (Lipinski definition) is 9. The minimum atomic E-state index is -0.667. The predicted octanol–water partition coefficient (Wildman–Crippen LogP) is 5.52. The number of para-hydroxylation sites is 4. The average Bonchev–Trinajstić information content (AvgIpc) is 4.36. The summed E-state index contributed by atoms with van der Waals surface area (Å²) in [5.41, 5.74) is 15.8. The van der Waals surface area contributed by atoms with Gasteiger partial charge in [-0.05, 0) is 24.3 Å². The number of benzene rings is 4. The van der Waals surface area contributed by atoms with Crippen molar-refractivity contribution in [2.45, 2.75) is 12.1 Å². The first-order chi connectivity index (χ1) is 36.7. The molecule has 10 rings (SSSR count). The van der Waals surface area contributed by atoms with E-state index in [9.17, 15) is 33.6 Å². The van der Waals surface area contributed by atoms with E-state index in [1.807, 2.05) is 97.1 Å². The molecular formula is C53H51ClN12O11. The van der Waals surface area contributed by atoms with E-state index in [1.165, 1.54) is 34.6 Å². The third-order valence-corrected chi connectivity index (χ3v) is 11.2. The van der Waals surface area contributed by atoms with E-state index in [4.69, 9.17) is 22.1 Å². The Balaban J connectivity index is 0.000000182. The van der Waals surface area contributed by atoms with Crippen LogP contribution in [0.25, 0.3) is 43.6 Å². The van der Waals surface area contributed by atoms with Crippen LogP contribution in [0.5, 0.6) is 0 Å². The highest BCUT2D eigenvalue weighted by molar-refractivity contribution is 6.47. The molecule has 5 aromatic heterocycles. The number of aromatic nitrogens is 6. The quantitative estimate of drug-likeness (QED) is 0.0192. The smallest absolute Gasteiger partial charge is 0.356 e. The Labute approximate surface area is 443 Å². The number of Topliss-reactive ketones (excluding diaryl/α,β-unsaturated/α-hetero) is 3. The number of esters is 3. The molecule has 0 saturated heterocycles. The van der Waals surface area contributed by atoms with Crippen molar-refractivity contribution in [1.29, 1.82) is 10.7 Å². The van der Waals surface area contributed by atoms with E-state index in [0.29, 0.717) is 22.3 Å². The number of hydrogen-bond acceptors (Lipinski definition) is 18. The van der Waals surface area contributed by atoms with Crippen LogP contribution in [0.15, 0.2) is 133 Å². The molecule has 1 aliphatic heterocycles. The number of nitrogens with one attached hydrogen (secondary N) is 7. The summed E-state index contributed by atoms with van der Waals surface area (Å²) in [4.78, 5) is 103. The molecule has 0 aliphatic carbocycles. The van der Waals surface area contributed by atoms with E-state index < -0.39 is 41.6 Å². The van der Waals surface area contributed by atoms with Gasteiger partial charge in [0.25, 0.3) is 11.7 Å². The molecule has 23 nitrogen and oxygen atoms in total. The second-order valence-corrected chi connectivity index (χ2v) is 15.9. The molecule has 396 valence electrons. The normalized spacial score (nSPS) is 12.3. The summed E-state index contributed by atoms with van der Waals surface area (Å²) in [5.74, 6) is -2.91. The van der Waals surface area contributed by atoms with Crippen molar-refractivity contribution in [3.8, 4) is 6.07 Å². The molecule has 0 radical (unpaired) electrons. The highest BCUT2D eigenvalue weighted by atomic mass is 35.5. The third-order valence-electron chi connectivity index (χ3n) is 11.2. The zero-order valence-electron chi connectivity index (χ0n) is 41.6. The first-order valence-corrected chi connectivity index (χ1v) is 22.7. The summed E-state index contributed by atoms with van der Waals surface area (Å²) < 4.78 is 18.1. The zero-order valence-corrected chi connectivity index (χ0v) is 42.4. The lowest BCUT2D eigenvalue weighted by Crippen LogP contribution is -2.40. The molecule has 2 atom stereocenters. The molecule has 0 saturated carbocycles. The molecule has 11 N–H and O–H groups in total. The molecular weight excluding hydrogens is 1020 g/mol. The van der Waals surface area contributed by atoms with Crippen molar-refractivity contribution in [2.75, 3.05) is 41.5 Å². The van der Waals surface area contributed by atoms with Crippen molar-refractivity contribution in [1.82, 2.24) is 35.2 Å². The number of nitrogens with two attached hydrogens (primary N) is 2. The first-order valence-electron chi connectivity index (χ1n) is 22.7. The van der Waals surface area contributed by atoms with Crippen LogP contribution in [0.3, 0.4) is 0 Å². The van der Waals surface area contributed by atoms with Gasteiger partial charge < -0.3 is 60.7 Å². The topological polar surface area (TPSA) is 372 Å². The molecule has 9 aromatic rings. The summed E-state index contributed by atoms with van der Waals surface area (Å²) in [6.45, 7) is 0.350. The van der Waals surface area contributed by atoms with Gasteiger partial charge in [0, 0.05) is 74.9 Å². The van der Waals surface area contributed by atoms with Gasteiger partial charge in [0.15, 0.2) is 11.7 Å². The van der Waals surface area contributed by atoms with Gasteiger partial charge in [-0.3, -0.25) is 34.4 Å². The minimum absolute atomic E-state index is 0. The highest BCUT2D eigenvalue weighted by Crippen LogP contribution is 2.22. The minimum Gasteiger partial charge on any atom is -0.479 e. The fourth-order valence-electron chi connectivity index (χ4n) is 7.32. The van der Waals surface area contributed by atoms with Crippen LogP contribution >= 0.6 is 12.4 Å². The largest absolute Gasteiger partial charge is 0.479 e. The van der Waals surface area contributed by atoms with E-state index in [0.717, 1.165) is 43.6 Å². The summed E-state index contributed by atoms with van der Waals surface area (Å²) in [5, 5.41) is 21.8. The predicted molar refractivity (Wildman–Crippen MR) is 287 cm³/mol. The van der Waals surface area contributed by atoms with E-state index in [1.54, 1.807) is 30.9 Å². The molecule has 0 amide bonds. The van der Waals surface area contributed by atoms with E-state index >= 15 is 0 Å². The van der Waals surface area contributed by atoms with Crippen LogP contribution < -0.4 is 16.8 Å². The fourth-order valence-corrected chi connectivity index (χ4v) is 7.32. The molecule has 0 spiro atoms. The highest BCUT2D eigenvalue weighted by Gasteiger charge is 2.30. The number of carbonyl (C=O) groups is 7. The Kier molecular flexibility index (Phi) is 20.5. The number of ketones is 4. The number of carbonyl (C=O) groups excluding carboxylic acids is 7. The second-order valence-electron chi connectivity index (χ2n) is 15.9. The van der Waals surface area contributed by atoms with Crippen molar-refractivity contribution in [3.05, 3.63) is 162 Å². The number of imidazole rings is 1. The van der Waals surface area contributed by atoms with Crippen LogP contribution in [0.4, 0.5) is 0 Å². The van der Waals surface area contributed by atoms with Crippen molar-refractivity contribution in [3.63, 3.8) is 0 Å². The number of aromatic amines is 5. The number of nitriles is 1. The van der Waals surface area contributed by atoms with E-state index in [-0.39, 0.29) is 60.3 Å². The van der Waals surface area contributed by atoms with Crippen LogP contribution in [-0.2, 0) is 28.5 Å². The molecule has 24 heteroatoms. The van der Waals surface area contributed by atoms with Crippen LogP contribution in [-0.4, -0.2) is 136 Å². The SMILES string of the molecule is COC(=N)C(=O)c1c[nH]c2ccccc12.COC(=O)C(N)CN.COC(=O)C1CN=C(C(=O)c2c[nH]c3ccccc23)N1.COC(=O)c1cnc(C(=O)c2c[nH]c3ccccc23)[nH]1.Cl.N#CC(=O)c1c[nH]c2ccccc12. The lowest BCUT2D eigenvalue weighted by atomic mass is 10.1. The maximum atomic E-state index is 12.4. The molecule has 6 heterocycles. The number of methoxy groups -OCH3 is 4. The van der Waals surface area contributed by atoms with Gasteiger partial charge in [-0.1, -0.05) is 72.8 Å². The molecule has 4 aromatic carbocycles. The maximum Gasteiger partial charge on any atom is 0.356 e. The Morgan fingerprint density at radius 2 is 1.12 bits per heavy atom. The Bertz CT molecular complexity index is 3670. The van der Waals surface area contributed by atoms with Crippen molar-refractivity contribution in [2.24, 2.45) is 16.5 Å². The van der Waals surface area contributed by atoms with Gasteiger partial charge in [0.05, 0.1) is 63.4 Å². The number of halogens is 1. The van der Waals surface area contributed by atoms with Gasteiger partial charge in [-0.2, -0.15) is 5.26 Å². The van der Waals surface area contributed by atoms with Gasteiger partial charge >= 0.3 is 17.9 Å². The molecule has 2 unspecified atom stereocenters. The standard InChI is InChI=1S/C14H13N3O3.C14H11N3O3.C11H10N2O2.C10H6N2O.C4H10N2O2.ClH/c2*1-20-14(19)11-7-16-13(17-11)12(18)9-6-15-10-5-3-2-4-8(9)10;1-15-11(12)10(14)8-6-13-9-5-3-2-4-7(8)9;11-5-10(13)8-6-12-9-4-2-1-3-7(8)9;1-8-4(7)3(6)2-5;/h2-6,11,15H,7H2,1H3,(H,16,17);2-7,15H,1H3,(H,16,17);2-6,12-13H,1H3;1-4,6,12H;3H,2,5-6H2,1H3;1H. The molecule has 1 aliphatic rings. The maximum absolute atomic E-state index is 12.4. The van der Waals surface area contributed by atoms with Crippen LogP contribution in [0.2, 0.25) is 0 Å². The lowest BCUT2D eigenvalue weighted by Gasteiger charge is -2.08. The Morgan fingerprint density at radius 3 is 1.56 bits per heavy atom. The first kappa shape index (κ1) is 57.9.